The number of carbonyl (C=O) groups excluding carboxylic acids is 1. The van der Waals surface area contributed by atoms with Crippen LogP contribution in [0.4, 0.5) is 0 Å². The molecule has 2 aliphatic heterocycles. The molecule has 2 fully saturated rings. The summed E-state index contributed by atoms with van der Waals surface area (Å²) < 4.78 is 1.86. The van der Waals surface area contributed by atoms with Crippen LogP contribution in [0, 0.1) is 19.8 Å². The minimum Gasteiger partial charge on any atom is -0.354 e. The van der Waals surface area contributed by atoms with Gasteiger partial charge in [0, 0.05) is 38.1 Å². The van der Waals surface area contributed by atoms with Gasteiger partial charge >= 0.3 is 0 Å². The Morgan fingerprint density at radius 3 is 2.74 bits per heavy atom. The number of likely N-dealkylation sites (tertiary alicyclic amines) is 2. The first-order chi connectivity index (χ1) is 15.1. The molecule has 0 spiro atoms. The van der Waals surface area contributed by atoms with Crippen molar-refractivity contribution in [3.8, 4) is 0 Å². The molecule has 31 heavy (non-hydrogen) atoms. The number of piperidine rings is 2. The second-order valence-corrected chi connectivity index (χ2v) is 8.92. The zero-order valence-electron chi connectivity index (χ0n) is 18.8. The molecule has 168 valence electrons. The summed E-state index contributed by atoms with van der Waals surface area (Å²) in [5.74, 6) is 1.96. The predicted molar refractivity (Wildman–Crippen MR) is 119 cm³/mol. The SMILES string of the molecule is Cc1nc(C)n(CCNC(=O)C2CCCN(C3CCN(Cc4cccnc4)CC3)C2)n1. The van der Waals surface area contributed by atoms with Crippen molar-refractivity contribution in [1.82, 2.24) is 34.9 Å². The maximum absolute atomic E-state index is 12.8. The van der Waals surface area contributed by atoms with E-state index >= 15 is 0 Å². The Kier molecular flexibility index (Phi) is 7.29. The Hall–Kier alpha value is -2.32. The predicted octanol–water partition coefficient (Wildman–Crippen LogP) is 1.78. The molecule has 0 aliphatic carbocycles. The van der Waals surface area contributed by atoms with E-state index in [1.807, 2.05) is 37.0 Å². The van der Waals surface area contributed by atoms with Gasteiger partial charge in [-0.25, -0.2) is 9.67 Å². The average Bonchev–Trinajstić information content (AvgIpc) is 3.12. The van der Waals surface area contributed by atoms with Crippen LogP contribution in [-0.4, -0.2) is 74.2 Å². The minimum atomic E-state index is 0.0979. The second-order valence-electron chi connectivity index (χ2n) is 8.92. The van der Waals surface area contributed by atoms with Gasteiger partial charge in [0.25, 0.3) is 0 Å². The van der Waals surface area contributed by atoms with Crippen LogP contribution >= 0.6 is 0 Å². The van der Waals surface area contributed by atoms with Crippen molar-refractivity contribution in [2.24, 2.45) is 5.92 Å². The molecule has 1 atom stereocenters. The molecule has 0 saturated carbocycles. The van der Waals surface area contributed by atoms with E-state index in [9.17, 15) is 4.79 Å². The Balaban J connectivity index is 1.20. The number of rotatable bonds is 7. The molecule has 1 N–H and O–H groups in total. The van der Waals surface area contributed by atoms with Crippen molar-refractivity contribution < 1.29 is 4.79 Å². The Morgan fingerprint density at radius 2 is 2.03 bits per heavy atom. The number of amides is 1. The summed E-state index contributed by atoms with van der Waals surface area (Å²) in [6.45, 7) is 10.3. The normalized spacial score (nSPS) is 21.3. The standard InChI is InChI=1S/C23H35N7O/c1-18-26-19(2)30(27-18)14-10-25-23(31)21-6-4-11-29(17-21)22-7-12-28(13-8-22)16-20-5-3-9-24-15-20/h3,5,9,15,21-22H,4,6-8,10-14,16-17H2,1-2H3,(H,25,31). The molecule has 1 unspecified atom stereocenters. The molecule has 2 saturated heterocycles. The van der Waals surface area contributed by atoms with Gasteiger partial charge in [-0.15, -0.1) is 0 Å². The Morgan fingerprint density at radius 1 is 1.19 bits per heavy atom. The van der Waals surface area contributed by atoms with Crippen molar-refractivity contribution in [1.29, 1.82) is 0 Å². The van der Waals surface area contributed by atoms with Crippen molar-refractivity contribution in [3.63, 3.8) is 0 Å². The van der Waals surface area contributed by atoms with Crippen LogP contribution in [0.25, 0.3) is 0 Å². The van der Waals surface area contributed by atoms with E-state index in [4.69, 9.17) is 0 Å². The Labute approximate surface area is 185 Å². The zero-order chi connectivity index (χ0) is 21.6. The van der Waals surface area contributed by atoms with E-state index in [1.54, 1.807) is 0 Å². The third kappa shape index (κ3) is 5.89. The summed E-state index contributed by atoms with van der Waals surface area (Å²) in [5, 5.41) is 7.49. The van der Waals surface area contributed by atoms with E-state index in [0.717, 1.165) is 57.2 Å². The number of pyridine rings is 1. The molecule has 4 rings (SSSR count). The van der Waals surface area contributed by atoms with Gasteiger partial charge in [-0.3, -0.25) is 19.6 Å². The smallest absolute Gasteiger partial charge is 0.224 e. The lowest BCUT2D eigenvalue weighted by atomic mass is 9.93. The molecular formula is C23H35N7O. The fourth-order valence-electron chi connectivity index (χ4n) is 4.95. The summed E-state index contributed by atoms with van der Waals surface area (Å²) in [4.78, 5) is 26.4. The lowest BCUT2D eigenvalue weighted by molar-refractivity contribution is -0.127. The molecule has 0 bridgehead atoms. The molecule has 2 aromatic heterocycles. The molecule has 2 aliphatic rings. The van der Waals surface area contributed by atoms with Crippen molar-refractivity contribution in [2.45, 2.75) is 58.7 Å². The quantitative estimate of drug-likeness (QED) is 0.729. The zero-order valence-corrected chi connectivity index (χ0v) is 18.8. The highest BCUT2D eigenvalue weighted by Gasteiger charge is 2.31. The van der Waals surface area contributed by atoms with E-state index in [2.05, 4.69) is 36.2 Å². The van der Waals surface area contributed by atoms with Crippen molar-refractivity contribution in [3.05, 3.63) is 41.7 Å². The van der Waals surface area contributed by atoms with Crippen LogP contribution in [0.2, 0.25) is 0 Å². The lowest BCUT2D eigenvalue weighted by Crippen LogP contribution is -2.50. The molecular weight excluding hydrogens is 390 g/mol. The first-order valence-corrected chi connectivity index (χ1v) is 11.6. The monoisotopic (exact) mass is 425 g/mol. The molecule has 4 heterocycles. The van der Waals surface area contributed by atoms with Crippen LogP contribution < -0.4 is 5.32 Å². The van der Waals surface area contributed by atoms with Crippen LogP contribution in [0.1, 0.15) is 42.9 Å². The van der Waals surface area contributed by atoms with Gasteiger partial charge in [-0.05, 0) is 70.8 Å². The maximum atomic E-state index is 12.8. The topological polar surface area (TPSA) is 79.2 Å². The molecule has 2 aromatic rings. The lowest BCUT2D eigenvalue weighted by Gasteiger charge is -2.42. The molecule has 8 nitrogen and oxygen atoms in total. The summed E-state index contributed by atoms with van der Waals surface area (Å²) in [5.41, 5.74) is 1.28. The number of hydrogen-bond acceptors (Lipinski definition) is 6. The van der Waals surface area contributed by atoms with Crippen LogP contribution in [0.3, 0.4) is 0 Å². The van der Waals surface area contributed by atoms with E-state index in [1.165, 1.54) is 18.4 Å². The summed E-state index contributed by atoms with van der Waals surface area (Å²) in [7, 11) is 0. The van der Waals surface area contributed by atoms with Crippen LogP contribution in [-0.2, 0) is 17.9 Å². The summed E-state index contributed by atoms with van der Waals surface area (Å²) >= 11 is 0. The van der Waals surface area contributed by atoms with Gasteiger partial charge in [0.15, 0.2) is 0 Å². The number of carbonyl (C=O) groups is 1. The van der Waals surface area contributed by atoms with Crippen molar-refractivity contribution >= 4 is 5.91 Å². The number of nitrogens with one attached hydrogen (secondary N) is 1. The van der Waals surface area contributed by atoms with Crippen molar-refractivity contribution in [2.75, 3.05) is 32.7 Å². The highest BCUT2D eigenvalue weighted by molar-refractivity contribution is 5.78. The first-order valence-electron chi connectivity index (χ1n) is 11.6. The summed E-state index contributed by atoms with van der Waals surface area (Å²) in [6.07, 6.45) is 8.25. The highest BCUT2D eigenvalue weighted by atomic mass is 16.1. The molecule has 0 radical (unpaired) electrons. The molecule has 1 amide bonds. The average molecular weight is 426 g/mol. The van der Waals surface area contributed by atoms with Crippen LogP contribution in [0.5, 0.6) is 0 Å². The van der Waals surface area contributed by atoms with Gasteiger partial charge in [0.1, 0.15) is 11.6 Å². The fraction of sp³-hybridized carbons (Fsp3) is 0.652. The third-order valence-electron chi connectivity index (χ3n) is 6.61. The van der Waals surface area contributed by atoms with E-state index < -0.39 is 0 Å². The van der Waals surface area contributed by atoms with E-state index in [-0.39, 0.29) is 11.8 Å². The van der Waals surface area contributed by atoms with E-state index in [0.29, 0.717) is 19.1 Å². The van der Waals surface area contributed by atoms with Crippen LogP contribution in [0.15, 0.2) is 24.5 Å². The fourth-order valence-corrected chi connectivity index (χ4v) is 4.95. The van der Waals surface area contributed by atoms with Gasteiger partial charge in [0.05, 0.1) is 12.5 Å². The first kappa shape index (κ1) is 21.9. The molecule has 0 aromatic carbocycles. The number of aromatic nitrogens is 4. The van der Waals surface area contributed by atoms with Gasteiger partial charge in [0.2, 0.25) is 5.91 Å². The third-order valence-corrected chi connectivity index (χ3v) is 6.61. The van der Waals surface area contributed by atoms with Gasteiger partial charge in [-0.2, -0.15) is 5.10 Å². The maximum Gasteiger partial charge on any atom is 0.224 e. The Bertz CT molecular complexity index is 845. The highest BCUT2D eigenvalue weighted by Crippen LogP contribution is 2.24. The second kappa shape index (κ2) is 10.3. The molecule has 8 heteroatoms. The number of hydrogen-bond donors (Lipinski definition) is 1. The van der Waals surface area contributed by atoms with Gasteiger partial charge in [-0.1, -0.05) is 6.07 Å². The van der Waals surface area contributed by atoms with Gasteiger partial charge < -0.3 is 5.32 Å². The number of nitrogens with zero attached hydrogens (tertiary/aromatic N) is 6. The summed E-state index contributed by atoms with van der Waals surface area (Å²) in [6, 6.07) is 4.76. The largest absolute Gasteiger partial charge is 0.354 e. The number of aryl methyl sites for hydroxylation is 2. The minimum absolute atomic E-state index is 0.0979.